The van der Waals surface area contributed by atoms with Crippen molar-refractivity contribution in [2.75, 3.05) is 12.9 Å². The number of halogens is 1. The van der Waals surface area contributed by atoms with Crippen molar-refractivity contribution in [1.29, 1.82) is 0 Å². The highest BCUT2D eigenvalue weighted by atomic mass is 35.5. The molecule has 0 spiro atoms. The van der Waals surface area contributed by atoms with Crippen LogP contribution in [0.3, 0.4) is 0 Å². The van der Waals surface area contributed by atoms with Crippen LogP contribution in [0.15, 0.2) is 0 Å². The molecule has 1 amide bonds. The molecule has 0 N–H and O–H groups in total. The van der Waals surface area contributed by atoms with E-state index >= 15 is 0 Å². The third-order valence-electron chi connectivity index (χ3n) is 2.77. The van der Waals surface area contributed by atoms with Gasteiger partial charge in [0.2, 0.25) is 5.91 Å². The SMILES string of the molecule is CCn1nc(C)c(CN(C)C(=O)CCl)c1C. The maximum atomic E-state index is 11.4. The van der Waals surface area contributed by atoms with E-state index in [-0.39, 0.29) is 11.8 Å². The van der Waals surface area contributed by atoms with Crippen molar-refractivity contribution < 1.29 is 4.79 Å². The predicted octanol–water partition coefficient (Wildman–Crippen LogP) is 1.72. The van der Waals surface area contributed by atoms with E-state index in [9.17, 15) is 4.79 Å². The number of amides is 1. The minimum Gasteiger partial charge on any atom is -0.340 e. The maximum absolute atomic E-state index is 11.4. The van der Waals surface area contributed by atoms with Crippen LogP contribution in [-0.4, -0.2) is 33.5 Å². The average molecular weight is 244 g/mol. The van der Waals surface area contributed by atoms with E-state index in [0.29, 0.717) is 6.54 Å². The van der Waals surface area contributed by atoms with Gasteiger partial charge in [0.15, 0.2) is 0 Å². The summed E-state index contributed by atoms with van der Waals surface area (Å²) in [5, 5.41) is 4.41. The summed E-state index contributed by atoms with van der Waals surface area (Å²) in [6, 6.07) is 0. The number of carbonyl (C=O) groups is 1. The molecule has 0 aliphatic rings. The normalized spacial score (nSPS) is 10.6. The monoisotopic (exact) mass is 243 g/mol. The zero-order valence-electron chi connectivity index (χ0n) is 10.2. The van der Waals surface area contributed by atoms with Crippen LogP contribution in [0.25, 0.3) is 0 Å². The fourth-order valence-corrected chi connectivity index (χ4v) is 1.90. The maximum Gasteiger partial charge on any atom is 0.237 e. The molecule has 0 unspecified atom stereocenters. The molecule has 0 radical (unpaired) electrons. The van der Waals surface area contributed by atoms with E-state index in [2.05, 4.69) is 12.0 Å². The van der Waals surface area contributed by atoms with Gasteiger partial charge in [0.05, 0.1) is 5.69 Å². The van der Waals surface area contributed by atoms with Gasteiger partial charge in [-0.15, -0.1) is 11.6 Å². The summed E-state index contributed by atoms with van der Waals surface area (Å²) in [6.45, 7) is 7.46. The van der Waals surface area contributed by atoms with Crippen LogP contribution in [0, 0.1) is 13.8 Å². The Morgan fingerprint density at radius 3 is 2.56 bits per heavy atom. The molecule has 1 heterocycles. The first-order chi connectivity index (χ1) is 7.51. The summed E-state index contributed by atoms with van der Waals surface area (Å²) >= 11 is 5.51. The van der Waals surface area contributed by atoms with Gasteiger partial charge in [0.1, 0.15) is 5.88 Å². The second-order valence-corrected chi connectivity index (χ2v) is 4.12. The van der Waals surface area contributed by atoms with Crippen molar-refractivity contribution >= 4 is 17.5 Å². The number of aromatic nitrogens is 2. The fraction of sp³-hybridized carbons (Fsp3) is 0.636. The van der Waals surface area contributed by atoms with Gasteiger partial charge in [-0.3, -0.25) is 9.48 Å². The van der Waals surface area contributed by atoms with Crippen LogP contribution in [0.4, 0.5) is 0 Å². The van der Waals surface area contributed by atoms with Gasteiger partial charge in [0.25, 0.3) is 0 Å². The number of aryl methyl sites for hydroxylation is 2. The predicted molar refractivity (Wildman–Crippen MR) is 64.6 cm³/mol. The highest BCUT2D eigenvalue weighted by Crippen LogP contribution is 2.15. The first-order valence-electron chi connectivity index (χ1n) is 5.34. The van der Waals surface area contributed by atoms with Crippen LogP contribution in [-0.2, 0) is 17.9 Å². The van der Waals surface area contributed by atoms with Crippen LogP contribution in [0.1, 0.15) is 23.9 Å². The Bertz CT molecular complexity index is 387. The largest absolute Gasteiger partial charge is 0.340 e. The van der Waals surface area contributed by atoms with Gasteiger partial charge in [-0.05, 0) is 20.8 Å². The molecule has 16 heavy (non-hydrogen) atoms. The number of alkyl halides is 1. The molecule has 0 aliphatic carbocycles. The molecule has 5 heteroatoms. The van der Waals surface area contributed by atoms with Crippen LogP contribution in [0.2, 0.25) is 0 Å². The molecule has 0 saturated carbocycles. The topological polar surface area (TPSA) is 38.1 Å². The molecule has 0 fully saturated rings. The fourth-order valence-electron chi connectivity index (χ4n) is 1.70. The van der Waals surface area contributed by atoms with Crippen molar-refractivity contribution in [2.45, 2.75) is 33.9 Å². The molecule has 4 nitrogen and oxygen atoms in total. The van der Waals surface area contributed by atoms with Gasteiger partial charge < -0.3 is 4.90 Å². The number of hydrogen-bond acceptors (Lipinski definition) is 2. The van der Waals surface area contributed by atoms with Crippen LogP contribution >= 0.6 is 11.6 Å². The highest BCUT2D eigenvalue weighted by Gasteiger charge is 2.15. The van der Waals surface area contributed by atoms with Gasteiger partial charge >= 0.3 is 0 Å². The Balaban J connectivity index is 2.89. The second kappa shape index (κ2) is 5.34. The van der Waals surface area contributed by atoms with Gasteiger partial charge in [0, 0.05) is 31.4 Å². The van der Waals surface area contributed by atoms with E-state index in [1.54, 1.807) is 11.9 Å². The summed E-state index contributed by atoms with van der Waals surface area (Å²) in [6.07, 6.45) is 0. The zero-order chi connectivity index (χ0) is 12.3. The molecular weight excluding hydrogens is 226 g/mol. The zero-order valence-corrected chi connectivity index (χ0v) is 11.0. The summed E-state index contributed by atoms with van der Waals surface area (Å²) < 4.78 is 1.95. The smallest absolute Gasteiger partial charge is 0.237 e. The summed E-state index contributed by atoms with van der Waals surface area (Å²) in [7, 11) is 1.76. The highest BCUT2D eigenvalue weighted by molar-refractivity contribution is 6.27. The summed E-state index contributed by atoms with van der Waals surface area (Å²) in [5.41, 5.74) is 3.21. The first-order valence-corrected chi connectivity index (χ1v) is 5.87. The van der Waals surface area contributed by atoms with E-state index in [0.717, 1.165) is 23.5 Å². The molecule has 90 valence electrons. The minimum atomic E-state index is -0.0651. The van der Waals surface area contributed by atoms with Gasteiger partial charge in [-0.1, -0.05) is 0 Å². The Morgan fingerprint density at radius 1 is 1.50 bits per heavy atom. The lowest BCUT2D eigenvalue weighted by molar-refractivity contribution is -0.127. The quantitative estimate of drug-likeness (QED) is 0.756. The third kappa shape index (κ3) is 2.55. The van der Waals surface area contributed by atoms with Crippen LogP contribution < -0.4 is 0 Å². The lowest BCUT2D eigenvalue weighted by Crippen LogP contribution is -2.27. The van der Waals surface area contributed by atoms with Gasteiger partial charge in [-0.2, -0.15) is 5.10 Å². The van der Waals surface area contributed by atoms with Crippen molar-refractivity contribution in [3.8, 4) is 0 Å². The number of carbonyl (C=O) groups excluding carboxylic acids is 1. The molecule has 0 aliphatic heterocycles. The van der Waals surface area contributed by atoms with Crippen molar-refractivity contribution in [1.82, 2.24) is 14.7 Å². The summed E-state index contributed by atoms with van der Waals surface area (Å²) in [5.74, 6) is -0.0408. The Hall–Kier alpha value is -1.03. The number of nitrogens with zero attached hydrogens (tertiary/aromatic N) is 3. The van der Waals surface area contributed by atoms with Crippen molar-refractivity contribution in [3.05, 3.63) is 17.0 Å². The van der Waals surface area contributed by atoms with E-state index in [1.807, 2.05) is 18.5 Å². The molecular formula is C11H18ClN3O. The summed E-state index contributed by atoms with van der Waals surface area (Å²) in [4.78, 5) is 13.0. The van der Waals surface area contributed by atoms with Gasteiger partial charge in [-0.25, -0.2) is 0 Å². The van der Waals surface area contributed by atoms with Crippen LogP contribution in [0.5, 0.6) is 0 Å². The Kier molecular flexibility index (Phi) is 4.35. The second-order valence-electron chi connectivity index (χ2n) is 3.85. The molecule has 1 aromatic rings. The third-order valence-corrected chi connectivity index (χ3v) is 2.99. The first kappa shape index (κ1) is 13.0. The van der Waals surface area contributed by atoms with Crippen molar-refractivity contribution in [3.63, 3.8) is 0 Å². The number of hydrogen-bond donors (Lipinski definition) is 0. The molecule has 1 aromatic heterocycles. The molecule has 0 saturated heterocycles. The molecule has 0 bridgehead atoms. The standard InChI is InChI=1S/C11H18ClN3O/c1-5-15-9(3)10(8(2)13-15)7-14(4)11(16)6-12/h5-7H2,1-4H3. The van der Waals surface area contributed by atoms with E-state index < -0.39 is 0 Å². The Morgan fingerprint density at radius 2 is 2.12 bits per heavy atom. The number of rotatable bonds is 4. The molecule has 0 aromatic carbocycles. The minimum absolute atomic E-state index is 0.0243. The van der Waals surface area contributed by atoms with E-state index in [4.69, 9.17) is 11.6 Å². The molecule has 1 rings (SSSR count). The lowest BCUT2D eigenvalue weighted by atomic mass is 10.2. The Labute approximate surface area is 101 Å². The average Bonchev–Trinajstić information content (AvgIpc) is 2.55. The van der Waals surface area contributed by atoms with E-state index in [1.165, 1.54) is 0 Å². The molecule has 0 atom stereocenters. The lowest BCUT2D eigenvalue weighted by Gasteiger charge is -2.16. The van der Waals surface area contributed by atoms with Crippen molar-refractivity contribution in [2.24, 2.45) is 0 Å².